The summed E-state index contributed by atoms with van der Waals surface area (Å²) >= 11 is 0. The van der Waals surface area contributed by atoms with Gasteiger partial charge in [0.1, 0.15) is 0 Å². The van der Waals surface area contributed by atoms with Crippen molar-refractivity contribution in [3.63, 3.8) is 0 Å². The van der Waals surface area contributed by atoms with E-state index in [1.54, 1.807) is 0 Å². The number of hydrogen-bond acceptors (Lipinski definition) is 12. The van der Waals surface area contributed by atoms with Crippen LogP contribution >= 0.6 is 0 Å². The fraction of sp³-hybridized carbons (Fsp3) is 0. The summed E-state index contributed by atoms with van der Waals surface area (Å²) in [5.74, 6) is 0. The van der Waals surface area contributed by atoms with E-state index < -0.39 is 29.3 Å². The van der Waals surface area contributed by atoms with Crippen LogP contribution in [0.3, 0.4) is 0 Å². The van der Waals surface area contributed by atoms with Crippen molar-refractivity contribution in [2.24, 2.45) is 0 Å². The zero-order chi connectivity index (χ0) is 14.3. The molecule has 0 aromatic heterocycles. The molecule has 0 atom stereocenters. The van der Waals surface area contributed by atoms with Crippen LogP contribution in [-0.4, -0.2) is 29.3 Å². The van der Waals surface area contributed by atoms with E-state index in [1.807, 2.05) is 0 Å². The third-order valence-corrected chi connectivity index (χ3v) is 0. The fourth-order valence-corrected chi connectivity index (χ4v) is 0. The molecule has 0 amide bonds. The van der Waals surface area contributed by atoms with Crippen LogP contribution in [0.1, 0.15) is 0 Å². The molecule has 20 heteroatoms. The fourth-order valence-electron chi connectivity index (χ4n) is 0. The maximum Gasteiger partial charge on any atom is 3.00 e. The van der Waals surface area contributed by atoms with E-state index in [9.17, 15) is 0 Å². The summed E-state index contributed by atoms with van der Waals surface area (Å²) in [5.41, 5.74) is 0. The van der Waals surface area contributed by atoms with Crippen molar-refractivity contribution in [3.05, 3.63) is 0 Å². The van der Waals surface area contributed by atoms with Crippen LogP contribution in [0, 0.1) is 147 Å². The first kappa shape index (κ1) is 49.8. The molecular formula is B4Lu4O12. The van der Waals surface area contributed by atoms with Gasteiger partial charge in [-0.3, -0.25) is 29.3 Å². The van der Waals surface area contributed by atoms with E-state index in [-0.39, 0.29) is 147 Å². The quantitative estimate of drug-likeness (QED) is 0.205. The first-order valence-corrected chi connectivity index (χ1v) is 2.83. The van der Waals surface area contributed by atoms with Crippen molar-refractivity contribution in [1.29, 1.82) is 0 Å². The van der Waals surface area contributed by atoms with Gasteiger partial charge < -0.3 is 60.3 Å². The van der Waals surface area contributed by atoms with Gasteiger partial charge in [-0.1, -0.05) is 0 Å². The molecule has 0 aromatic carbocycles. The molecule has 144 valence electrons. The van der Waals surface area contributed by atoms with Crippen molar-refractivity contribution >= 4 is 29.3 Å². The van der Waals surface area contributed by atoms with Gasteiger partial charge in [-0.25, -0.2) is 0 Å². The van der Waals surface area contributed by atoms with Gasteiger partial charge in [0.05, 0.1) is 0 Å². The summed E-state index contributed by atoms with van der Waals surface area (Å²) in [7, 11) is -11.7. The van der Waals surface area contributed by atoms with E-state index in [4.69, 9.17) is 60.3 Å². The molecule has 0 aliphatic heterocycles. The molecule has 0 aliphatic rings. The minimum absolute atomic E-state index is 0. The Labute approximate surface area is 232 Å². The Morgan fingerprint density at radius 2 is 0.250 bits per heavy atom. The minimum atomic E-state index is -2.92. The monoisotopic (exact) mass is 936 g/mol. The summed E-state index contributed by atoms with van der Waals surface area (Å²) < 4.78 is 0. The predicted molar refractivity (Wildman–Crippen MR) is 23.0 cm³/mol. The molecule has 0 heterocycles. The molecule has 0 saturated heterocycles. The average molecular weight is 935 g/mol. The summed E-state index contributed by atoms with van der Waals surface area (Å²) in [4.78, 5) is 0. The standard InChI is InChI=1S/4BO3.4Lu/c4*2-1(3)4;;;;/q4*-3;4*+3. The zero-order valence-corrected chi connectivity index (χ0v) is 14.9. The topological polar surface area (TPSA) is 277 Å². The van der Waals surface area contributed by atoms with Crippen LogP contribution in [0.15, 0.2) is 0 Å². The molecule has 0 N–H and O–H groups in total. The van der Waals surface area contributed by atoms with Crippen LogP contribution < -0.4 is 60.3 Å². The number of rotatable bonds is 0. The third-order valence-electron chi connectivity index (χ3n) is 0. The molecule has 12 nitrogen and oxygen atoms in total. The Bertz CT molecular complexity index is 70.4. The smallest absolute Gasteiger partial charge is 0.907 e. The van der Waals surface area contributed by atoms with Gasteiger partial charge in [-0.2, -0.15) is 0 Å². The normalized spacial score (nSPS) is 5.40. The predicted octanol–water partition coefficient (Wildman–Crippen LogP) is -15.8. The SMILES string of the molecule is [Lu+3].[Lu+3].[Lu+3].[Lu+3].[O-]B([O-])[O-].[O-]B([O-])[O-].[O-]B([O-])[O-].[O-]B([O-])[O-]. The van der Waals surface area contributed by atoms with Gasteiger partial charge in [-0.15, -0.1) is 0 Å². The van der Waals surface area contributed by atoms with Crippen molar-refractivity contribution in [1.82, 2.24) is 0 Å². The second-order valence-corrected chi connectivity index (χ2v) is 1.15. The summed E-state index contributed by atoms with van der Waals surface area (Å²) in [6.07, 6.45) is 0. The second kappa shape index (κ2) is 43.8. The molecule has 0 spiro atoms. The summed E-state index contributed by atoms with van der Waals surface area (Å²) in [6, 6.07) is 0. The van der Waals surface area contributed by atoms with Crippen LogP contribution in [0.25, 0.3) is 0 Å². The molecule has 20 heavy (non-hydrogen) atoms. The maximum atomic E-state index is 8.42. The molecule has 0 bridgehead atoms. The van der Waals surface area contributed by atoms with Gasteiger partial charge in [0.15, 0.2) is 0 Å². The Balaban J connectivity index is -0.0000000150. The van der Waals surface area contributed by atoms with Crippen molar-refractivity contribution in [3.8, 4) is 0 Å². The van der Waals surface area contributed by atoms with Crippen LogP contribution in [0.5, 0.6) is 0 Å². The van der Waals surface area contributed by atoms with Crippen molar-refractivity contribution < 1.29 is 208 Å². The van der Waals surface area contributed by atoms with E-state index >= 15 is 0 Å². The first-order chi connectivity index (χ1) is 6.93. The Morgan fingerprint density at radius 1 is 0.250 bits per heavy atom. The van der Waals surface area contributed by atoms with E-state index in [0.717, 1.165) is 0 Å². The van der Waals surface area contributed by atoms with Crippen LogP contribution in [0.2, 0.25) is 0 Å². The molecule has 0 fully saturated rings. The van der Waals surface area contributed by atoms with Gasteiger partial charge in [0.2, 0.25) is 0 Å². The van der Waals surface area contributed by atoms with E-state index in [2.05, 4.69) is 0 Å². The minimum Gasteiger partial charge on any atom is -0.907 e. The van der Waals surface area contributed by atoms with Crippen molar-refractivity contribution in [2.75, 3.05) is 0 Å². The molecule has 0 aromatic rings. The summed E-state index contributed by atoms with van der Waals surface area (Å²) in [6.45, 7) is 0. The van der Waals surface area contributed by atoms with Gasteiger partial charge in [0, 0.05) is 0 Å². The first-order valence-electron chi connectivity index (χ1n) is 2.83. The molecule has 0 rings (SSSR count). The third kappa shape index (κ3) is 482. The Hall–Kier alpha value is 4.71. The number of hydrogen-bond donors (Lipinski definition) is 0. The van der Waals surface area contributed by atoms with Gasteiger partial charge in [-0.05, 0) is 0 Å². The van der Waals surface area contributed by atoms with Gasteiger partial charge in [0.25, 0.3) is 0 Å². The Kier molecular flexibility index (Phi) is 109. The second-order valence-electron chi connectivity index (χ2n) is 1.15. The Morgan fingerprint density at radius 3 is 0.250 bits per heavy atom. The van der Waals surface area contributed by atoms with Crippen molar-refractivity contribution in [2.45, 2.75) is 0 Å². The average Bonchev–Trinajstić information content (AvgIpc) is 1.76. The molecule has 0 radical (unpaired) electrons. The maximum absolute atomic E-state index is 8.42. The summed E-state index contributed by atoms with van der Waals surface area (Å²) in [5, 5.41) is 101. The molecule has 0 unspecified atom stereocenters. The van der Waals surface area contributed by atoms with E-state index in [1.165, 1.54) is 0 Å². The molecular weight excluding hydrogens is 935 g/mol. The molecule has 0 aliphatic carbocycles. The van der Waals surface area contributed by atoms with Crippen LogP contribution in [-0.2, 0) is 0 Å². The largest absolute Gasteiger partial charge is 3.00 e. The van der Waals surface area contributed by atoms with Crippen LogP contribution in [0.4, 0.5) is 0 Å². The van der Waals surface area contributed by atoms with Gasteiger partial charge >= 0.3 is 147 Å². The zero-order valence-electron chi connectivity index (χ0n) is 8.24. The molecule has 0 saturated carbocycles. The van der Waals surface area contributed by atoms with E-state index in [0.29, 0.717) is 0 Å².